The van der Waals surface area contributed by atoms with Crippen molar-refractivity contribution in [1.82, 2.24) is 15.6 Å². The second-order valence-corrected chi connectivity index (χ2v) is 5.56. The molecule has 0 bridgehead atoms. The Morgan fingerprint density at radius 3 is 2.41 bits per heavy atom. The van der Waals surface area contributed by atoms with Crippen LogP contribution in [0.5, 0.6) is 0 Å². The van der Waals surface area contributed by atoms with Gasteiger partial charge < -0.3 is 10.2 Å². The highest BCUT2D eigenvalue weighted by Crippen LogP contribution is 2.36. The lowest BCUT2D eigenvalue weighted by Crippen LogP contribution is -2.53. The molecular formula is C12H27N5. The lowest BCUT2D eigenvalue weighted by molar-refractivity contribution is 0.0699. The summed E-state index contributed by atoms with van der Waals surface area (Å²) in [7, 11) is 4.26. The minimum Gasteiger partial charge on any atom is -0.355 e. The molecule has 5 heteroatoms. The average Bonchev–Trinajstić information content (AvgIpc) is 2.19. The summed E-state index contributed by atoms with van der Waals surface area (Å²) in [6.45, 7) is 6.02. The Balaban J connectivity index is 2.48. The van der Waals surface area contributed by atoms with E-state index < -0.39 is 0 Å². The van der Waals surface area contributed by atoms with Crippen LogP contribution in [0.3, 0.4) is 0 Å². The molecule has 1 rings (SSSR count). The Morgan fingerprint density at radius 1 is 1.41 bits per heavy atom. The summed E-state index contributed by atoms with van der Waals surface area (Å²) in [5.41, 5.74) is 2.89. The SMILES string of the molecule is CC(C)CNC(=NCC1(N(C)C)CCC1)NN. The Morgan fingerprint density at radius 2 is 2.06 bits per heavy atom. The van der Waals surface area contributed by atoms with Crippen molar-refractivity contribution >= 4 is 5.96 Å². The number of aliphatic imine (C=N–C) groups is 1. The van der Waals surface area contributed by atoms with Crippen molar-refractivity contribution in [3.63, 3.8) is 0 Å². The zero-order valence-electron chi connectivity index (χ0n) is 11.6. The van der Waals surface area contributed by atoms with Gasteiger partial charge in [-0.2, -0.15) is 0 Å². The highest BCUT2D eigenvalue weighted by molar-refractivity contribution is 5.79. The van der Waals surface area contributed by atoms with Crippen molar-refractivity contribution < 1.29 is 0 Å². The largest absolute Gasteiger partial charge is 0.355 e. The molecule has 0 aromatic carbocycles. The Bertz CT molecular complexity index is 256. The first kappa shape index (κ1) is 14.3. The first-order valence-electron chi connectivity index (χ1n) is 6.42. The van der Waals surface area contributed by atoms with Gasteiger partial charge >= 0.3 is 0 Å². The molecule has 0 radical (unpaired) electrons. The molecule has 0 aromatic rings. The summed E-state index contributed by atoms with van der Waals surface area (Å²) < 4.78 is 0. The number of nitrogens with zero attached hydrogens (tertiary/aromatic N) is 2. The third-order valence-electron chi connectivity index (χ3n) is 3.58. The number of nitrogens with two attached hydrogens (primary N) is 1. The van der Waals surface area contributed by atoms with Crippen LogP contribution in [-0.2, 0) is 0 Å². The van der Waals surface area contributed by atoms with E-state index >= 15 is 0 Å². The summed E-state index contributed by atoms with van der Waals surface area (Å²) in [5.74, 6) is 6.75. The number of nitrogens with one attached hydrogen (secondary N) is 2. The molecule has 100 valence electrons. The predicted octanol–water partition coefficient (Wildman–Crippen LogP) is 0.536. The van der Waals surface area contributed by atoms with E-state index in [1.165, 1.54) is 19.3 Å². The van der Waals surface area contributed by atoms with Gasteiger partial charge in [0.05, 0.1) is 6.54 Å². The van der Waals surface area contributed by atoms with E-state index in [0.717, 1.165) is 13.1 Å². The second kappa shape index (κ2) is 6.21. The lowest BCUT2D eigenvalue weighted by atomic mass is 9.76. The molecule has 1 fully saturated rings. The van der Waals surface area contributed by atoms with Gasteiger partial charge in [-0.1, -0.05) is 13.8 Å². The molecule has 0 spiro atoms. The molecule has 0 atom stereocenters. The van der Waals surface area contributed by atoms with Crippen molar-refractivity contribution in [2.45, 2.75) is 38.6 Å². The van der Waals surface area contributed by atoms with Crippen LogP contribution in [0.15, 0.2) is 4.99 Å². The highest BCUT2D eigenvalue weighted by Gasteiger charge is 2.38. The first-order valence-corrected chi connectivity index (χ1v) is 6.42. The normalized spacial score (nSPS) is 19.4. The van der Waals surface area contributed by atoms with Crippen LogP contribution in [-0.4, -0.2) is 43.6 Å². The van der Waals surface area contributed by atoms with Gasteiger partial charge in [0.2, 0.25) is 5.96 Å². The van der Waals surface area contributed by atoms with Crippen LogP contribution in [0.25, 0.3) is 0 Å². The monoisotopic (exact) mass is 241 g/mol. The second-order valence-electron chi connectivity index (χ2n) is 5.56. The summed E-state index contributed by atoms with van der Waals surface area (Å²) in [4.78, 5) is 6.85. The van der Waals surface area contributed by atoms with Gasteiger partial charge in [0.1, 0.15) is 0 Å². The van der Waals surface area contributed by atoms with Gasteiger partial charge in [-0.05, 0) is 39.3 Å². The van der Waals surface area contributed by atoms with Gasteiger partial charge in [-0.3, -0.25) is 10.4 Å². The van der Waals surface area contributed by atoms with E-state index in [4.69, 9.17) is 5.84 Å². The van der Waals surface area contributed by atoms with Crippen LogP contribution < -0.4 is 16.6 Å². The zero-order valence-corrected chi connectivity index (χ0v) is 11.6. The number of hydrogen-bond donors (Lipinski definition) is 3. The number of hydrogen-bond acceptors (Lipinski definition) is 3. The Labute approximate surface area is 105 Å². The maximum Gasteiger partial charge on any atom is 0.205 e. The van der Waals surface area contributed by atoms with Crippen LogP contribution in [0.4, 0.5) is 0 Å². The summed E-state index contributed by atoms with van der Waals surface area (Å²) in [6, 6.07) is 0. The Kier molecular flexibility index (Phi) is 5.21. The van der Waals surface area contributed by atoms with Crippen molar-refractivity contribution in [2.24, 2.45) is 16.8 Å². The molecule has 5 nitrogen and oxygen atoms in total. The van der Waals surface area contributed by atoms with Gasteiger partial charge in [0, 0.05) is 12.1 Å². The van der Waals surface area contributed by atoms with E-state index in [1.807, 2.05) is 0 Å². The van der Waals surface area contributed by atoms with E-state index in [-0.39, 0.29) is 5.54 Å². The number of guanidine groups is 1. The van der Waals surface area contributed by atoms with Gasteiger partial charge in [0.15, 0.2) is 0 Å². The van der Waals surface area contributed by atoms with Gasteiger partial charge in [0.25, 0.3) is 0 Å². The molecule has 0 heterocycles. The quantitative estimate of drug-likeness (QED) is 0.284. The Hall–Kier alpha value is -0.810. The molecule has 0 aliphatic heterocycles. The third kappa shape index (κ3) is 3.85. The molecule has 17 heavy (non-hydrogen) atoms. The molecule has 0 unspecified atom stereocenters. The first-order chi connectivity index (χ1) is 8.00. The molecule has 1 aliphatic carbocycles. The standard InChI is InChI=1S/C12H27N5/c1-10(2)8-14-11(16-13)15-9-12(17(3)4)6-5-7-12/h10H,5-9,13H2,1-4H3,(H2,14,15,16). The zero-order chi connectivity index (χ0) is 12.9. The van der Waals surface area contributed by atoms with Crippen molar-refractivity contribution in [2.75, 3.05) is 27.2 Å². The summed E-state index contributed by atoms with van der Waals surface area (Å²) in [6.07, 6.45) is 3.76. The summed E-state index contributed by atoms with van der Waals surface area (Å²) >= 11 is 0. The third-order valence-corrected chi connectivity index (χ3v) is 3.58. The fraction of sp³-hybridized carbons (Fsp3) is 0.917. The molecule has 1 saturated carbocycles. The van der Waals surface area contributed by atoms with Crippen molar-refractivity contribution in [3.05, 3.63) is 0 Å². The molecule has 0 aromatic heterocycles. The fourth-order valence-electron chi connectivity index (χ4n) is 2.01. The van der Waals surface area contributed by atoms with Crippen LogP contribution in [0, 0.1) is 5.92 Å². The van der Waals surface area contributed by atoms with E-state index in [9.17, 15) is 0 Å². The van der Waals surface area contributed by atoms with Gasteiger partial charge in [-0.15, -0.1) is 0 Å². The van der Waals surface area contributed by atoms with E-state index in [0.29, 0.717) is 11.9 Å². The van der Waals surface area contributed by atoms with E-state index in [2.05, 4.69) is 48.6 Å². The maximum absolute atomic E-state index is 5.47. The smallest absolute Gasteiger partial charge is 0.205 e. The summed E-state index contributed by atoms with van der Waals surface area (Å²) in [5, 5.41) is 3.22. The number of hydrazine groups is 1. The molecule has 0 saturated heterocycles. The number of rotatable bonds is 5. The van der Waals surface area contributed by atoms with Crippen LogP contribution >= 0.6 is 0 Å². The van der Waals surface area contributed by atoms with Crippen molar-refractivity contribution in [1.29, 1.82) is 0 Å². The lowest BCUT2D eigenvalue weighted by Gasteiger charge is -2.46. The molecular weight excluding hydrogens is 214 g/mol. The predicted molar refractivity (Wildman–Crippen MR) is 72.7 cm³/mol. The van der Waals surface area contributed by atoms with Crippen LogP contribution in [0.2, 0.25) is 0 Å². The van der Waals surface area contributed by atoms with Crippen LogP contribution in [0.1, 0.15) is 33.1 Å². The highest BCUT2D eigenvalue weighted by atomic mass is 15.3. The molecule has 4 N–H and O–H groups in total. The van der Waals surface area contributed by atoms with Crippen molar-refractivity contribution in [3.8, 4) is 0 Å². The fourth-order valence-corrected chi connectivity index (χ4v) is 2.01. The molecule has 1 aliphatic rings. The minimum absolute atomic E-state index is 0.252. The topological polar surface area (TPSA) is 65.7 Å². The minimum atomic E-state index is 0.252. The number of likely N-dealkylation sites (N-methyl/N-ethyl adjacent to an activating group) is 1. The maximum atomic E-state index is 5.47. The van der Waals surface area contributed by atoms with E-state index in [1.54, 1.807) is 0 Å². The average molecular weight is 241 g/mol. The van der Waals surface area contributed by atoms with Gasteiger partial charge in [-0.25, -0.2) is 5.84 Å². The molecule has 0 amide bonds.